The molecule has 0 saturated carbocycles. The topological polar surface area (TPSA) is 113 Å². The van der Waals surface area contributed by atoms with Gasteiger partial charge in [-0.3, -0.25) is 14.6 Å². The number of nitrogens with zero attached hydrogens (tertiary/aromatic N) is 4. The van der Waals surface area contributed by atoms with E-state index in [0.29, 0.717) is 71.8 Å². The first kappa shape index (κ1) is 35.8. The third-order valence-electron chi connectivity index (χ3n) is 9.60. The number of methoxy groups -OCH3 is 2. The number of hydrogen-bond donors (Lipinski definition) is 1. The van der Waals surface area contributed by atoms with Crippen LogP contribution in [0.5, 0.6) is 23.0 Å². The van der Waals surface area contributed by atoms with Crippen molar-refractivity contribution in [2.45, 2.75) is 71.3 Å². The van der Waals surface area contributed by atoms with Crippen LogP contribution in [0.4, 0.5) is 11.4 Å². The molecule has 0 aliphatic carbocycles. The van der Waals surface area contributed by atoms with Crippen LogP contribution < -0.4 is 23.8 Å². The van der Waals surface area contributed by atoms with E-state index < -0.39 is 12.3 Å². The van der Waals surface area contributed by atoms with E-state index in [-0.39, 0.29) is 23.9 Å². The second kappa shape index (κ2) is 15.5. The highest BCUT2D eigenvalue weighted by Crippen LogP contribution is 2.42. The zero-order valence-corrected chi connectivity index (χ0v) is 30.3. The first-order valence-corrected chi connectivity index (χ1v) is 17.7. The van der Waals surface area contributed by atoms with Crippen molar-refractivity contribution in [1.29, 1.82) is 0 Å². The average Bonchev–Trinajstić information content (AvgIpc) is 3.69. The van der Waals surface area contributed by atoms with E-state index >= 15 is 0 Å². The van der Waals surface area contributed by atoms with Crippen LogP contribution >= 0.6 is 0 Å². The predicted molar refractivity (Wildman–Crippen MR) is 198 cm³/mol. The van der Waals surface area contributed by atoms with Gasteiger partial charge in [-0.15, -0.1) is 0 Å². The van der Waals surface area contributed by atoms with Crippen LogP contribution in [0.15, 0.2) is 76.9 Å². The fourth-order valence-corrected chi connectivity index (χ4v) is 7.17. The van der Waals surface area contributed by atoms with Crippen LogP contribution in [0, 0.1) is 0 Å². The van der Waals surface area contributed by atoms with E-state index in [9.17, 15) is 14.7 Å². The monoisotopic (exact) mass is 696 g/mol. The molecule has 0 spiro atoms. The highest BCUT2D eigenvalue weighted by Gasteiger charge is 2.43. The molecule has 1 N–H and O–H groups in total. The zero-order chi connectivity index (χ0) is 36.2. The Morgan fingerprint density at radius 1 is 0.804 bits per heavy atom. The number of unbranched alkanes of at least 4 members (excludes halogenated alkanes) is 2. The van der Waals surface area contributed by atoms with Crippen molar-refractivity contribution in [3.05, 3.63) is 83.0 Å². The number of allylic oxidation sites excluding steroid dienone is 2. The number of hydrogen-bond acceptors (Lipinski definition) is 9. The van der Waals surface area contributed by atoms with Crippen LogP contribution in [0.3, 0.4) is 0 Å². The summed E-state index contributed by atoms with van der Waals surface area (Å²) in [5.74, 6) is 1.77. The molecule has 0 aromatic heterocycles. The van der Waals surface area contributed by atoms with Crippen molar-refractivity contribution in [2.75, 3.05) is 45.4 Å². The minimum Gasteiger partial charge on any atom is -0.493 e. The molecule has 2 aromatic carbocycles. The van der Waals surface area contributed by atoms with Gasteiger partial charge in [0.25, 0.3) is 11.8 Å². The van der Waals surface area contributed by atoms with Crippen molar-refractivity contribution >= 4 is 29.4 Å². The van der Waals surface area contributed by atoms with Gasteiger partial charge >= 0.3 is 0 Å². The maximum atomic E-state index is 13.8. The van der Waals surface area contributed by atoms with Crippen molar-refractivity contribution in [3.8, 4) is 23.0 Å². The number of rotatable bonds is 13. The first-order valence-electron chi connectivity index (χ1n) is 17.7. The molecule has 4 aliphatic heterocycles. The fourth-order valence-electron chi connectivity index (χ4n) is 7.17. The molecule has 270 valence electrons. The summed E-state index contributed by atoms with van der Waals surface area (Å²) in [4.78, 5) is 37.3. The SMILES string of the molecule is C/C=C/C1=C[C@H]2C=Nc3cc(OCCCCCOc4cc5c(cc4OC)C(=O)N4CC(/C=C/C)=C[C@H]4C(O)N5C(C)C)c(OC)cc3C(=O)N2C1. The number of carbonyl (C=O) groups excluding carboxylic acids is 2. The Kier molecular flexibility index (Phi) is 10.9. The molecular weight excluding hydrogens is 648 g/mol. The maximum Gasteiger partial charge on any atom is 0.257 e. The molecule has 0 radical (unpaired) electrons. The number of anilines is 1. The van der Waals surface area contributed by atoms with Crippen LogP contribution in [0.1, 0.15) is 67.7 Å². The quantitative estimate of drug-likeness (QED) is 0.245. The molecule has 3 atom stereocenters. The number of amides is 2. The number of fused-ring (bicyclic) bond motifs is 4. The zero-order valence-electron chi connectivity index (χ0n) is 30.3. The van der Waals surface area contributed by atoms with E-state index in [2.05, 4.69) is 11.1 Å². The smallest absolute Gasteiger partial charge is 0.257 e. The maximum absolute atomic E-state index is 13.8. The Bertz CT molecular complexity index is 1810. The largest absolute Gasteiger partial charge is 0.493 e. The third-order valence-corrected chi connectivity index (χ3v) is 9.60. The van der Waals surface area contributed by atoms with Gasteiger partial charge in [-0.25, -0.2) is 0 Å². The van der Waals surface area contributed by atoms with Gasteiger partial charge in [0.2, 0.25) is 0 Å². The predicted octanol–water partition coefficient (Wildman–Crippen LogP) is 6.25. The summed E-state index contributed by atoms with van der Waals surface area (Å²) in [6.45, 7) is 9.75. The number of carbonyl (C=O) groups is 2. The van der Waals surface area contributed by atoms with Crippen molar-refractivity contribution in [1.82, 2.24) is 9.80 Å². The minimum atomic E-state index is -0.921. The van der Waals surface area contributed by atoms with Gasteiger partial charge in [-0.1, -0.05) is 36.5 Å². The molecule has 6 rings (SSSR count). The lowest BCUT2D eigenvalue weighted by molar-refractivity contribution is 0.0557. The van der Waals surface area contributed by atoms with Gasteiger partial charge in [0.15, 0.2) is 29.2 Å². The summed E-state index contributed by atoms with van der Waals surface area (Å²) in [5.41, 5.74) is 4.24. The second-order valence-corrected chi connectivity index (χ2v) is 13.3. The lowest BCUT2D eigenvalue weighted by Gasteiger charge is -2.36. The summed E-state index contributed by atoms with van der Waals surface area (Å²) in [5, 5.41) is 11.6. The standard InChI is InChI=1S/C40H48N4O7/c1-7-12-26-16-28-22-41-31-20-36(34(48-5)18-29(31)38(45)42(28)23-26)50-14-10-9-11-15-51-37-21-32-30(19-35(37)49-6)39(46)43-24-27(13-8-2)17-33(43)40(47)44(32)25(3)4/h7-8,12-13,16-22,25,28,33,40,47H,9-11,14-15,23-24H2,1-6H3/b12-7+,13-8+/t28-,33-,40?/m0/s1. The lowest BCUT2D eigenvalue weighted by atomic mass is 10.1. The van der Waals surface area contributed by atoms with E-state index in [1.165, 1.54) is 0 Å². The molecule has 0 saturated heterocycles. The molecule has 2 amide bonds. The van der Waals surface area contributed by atoms with Gasteiger partial charge in [0.1, 0.15) is 0 Å². The Morgan fingerprint density at radius 2 is 1.39 bits per heavy atom. The molecule has 0 bridgehead atoms. The van der Waals surface area contributed by atoms with Crippen LogP contribution in [0.25, 0.3) is 0 Å². The molecule has 4 heterocycles. The second-order valence-electron chi connectivity index (χ2n) is 13.3. The number of ether oxygens (including phenoxy) is 4. The van der Waals surface area contributed by atoms with E-state index in [1.54, 1.807) is 48.4 Å². The van der Waals surface area contributed by atoms with Gasteiger partial charge in [0, 0.05) is 37.5 Å². The summed E-state index contributed by atoms with van der Waals surface area (Å²) >= 11 is 0. The van der Waals surface area contributed by atoms with Crippen LogP contribution in [-0.2, 0) is 0 Å². The molecule has 2 aromatic rings. The minimum absolute atomic E-state index is 0.0802. The van der Waals surface area contributed by atoms with Crippen LogP contribution in [0.2, 0.25) is 0 Å². The number of benzene rings is 2. The molecule has 0 fully saturated rings. The summed E-state index contributed by atoms with van der Waals surface area (Å²) in [6.07, 6.45) is 15.2. The summed E-state index contributed by atoms with van der Waals surface area (Å²) in [6, 6.07) is 6.31. The number of aliphatic hydroxyl groups excluding tert-OH is 1. The van der Waals surface area contributed by atoms with E-state index in [0.717, 1.165) is 30.4 Å². The molecule has 51 heavy (non-hydrogen) atoms. The molecule has 11 nitrogen and oxygen atoms in total. The Hall–Kier alpha value is -5.03. The van der Waals surface area contributed by atoms with Crippen LogP contribution in [-0.4, -0.2) is 97.8 Å². The normalized spacial score (nSPS) is 21.0. The molecule has 11 heteroatoms. The van der Waals surface area contributed by atoms with Gasteiger partial charge in [-0.2, -0.15) is 0 Å². The lowest BCUT2D eigenvalue weighted by Crippen LogP contribution is -2.50. The Morgan fingerprint density at radius 3 is 2.02 bits per heavy atom. The highest BCUT2D eigenvalue weighted by molar-refractivity contribution is 6.04. The van der Waals surface area contributed by atoms with Gasteiger partial charge in [-0.05, 0) is 70.2 Å². The first-order chi connectivity index (χ1) is 24.7. The Labute approximate surface area is 300 Å². The van der Waals surface area contributed by atoms with Crippen molar-refractivity contribution in [2.24, 2.45) is 4.99 Å². The molecule has 1 unspecified atom stereocenters. The summed E-state index contributed by atoms with van der Waals surface area (Å²) < 4.78 is 23.6. The number of aliphatic imine (C=N–C) groups is 1. The van der Waals surface area contributed by atoms with Gasteiger partial charge in [0.05, 0.1) is 62.0 Å². The highest BCUT2D eigenvalue weighted by atomic mass is 16.5. The van der Waals surface area contributed by atoms with Gasteiger partial charge < -0.3 is 38.8 Å². The van der Waals surface area contributed by atoms with Crippen molar-refractivity contribution < 1.29 is 33.6 Å². The third kappa shape index (κ3) is 7.12. The number of aliphatic hydroxyl groups is 1. The molecular formula is C40H48N4O7. The van der Waals surface area contributed by atoms with E-state index in [1.807, 2.05) is 69.0 Å². The van der Waals surface area contributed by atoms with Crippen molar-refractivity contribution in [3.63, 3.8) is 0 Å². The fraction of sp³-hybridized carbons (Fsp3) is 0.425. The average molecular weight is 697 g/mol. The molecule has 4 aliphatic rings. The van der Waals surface area contributed by atoms with E-state index in [4.69, 9.17) is 18.9 Å². The Balaban J connectivity index is 1.07. The summed E-state index contributed by atoms with van der Waals surface area (Å²) in [7, 11) is 3.13.